The van der Waals surface area contributed by atoms with E-state index < -0.39 is 36.1 Å². The van der Waals surface area contributed by atoms with E-state index in [0.717, 1.165) is 18.2 Å². The summed E-state index contributed by atoms with van der Waals surface area (Å²) in [7, 11) is 0. The molecule has 0 atom stereocenters. The van der Waals surface area contributed by atoms with Crippen LogP contribution in [-0.4, -0.2) is 34.3 Å². The fourth-order valence-electron chi connectivity index (χ4n) is 2.03. The number of amides is 2. The summed E-state index contributed by atoms with van der Waals surface area (Å²) in [6, 6.07) is 4.29. The number of imide groups is 1. The molecule has 0 spiro atoms. The number of carboxylic acids is 1. The Hall–Kier alpha value is -2.64. The molecule has 1 saturated heterocycles. The second-order valence-corrected chi connectivity index (χ2v) is 4.65. The van der Waals surface area contributed by atoms with Crippen molar-refractivity contribution in [1.29, 1.82) is 0 Å². The first-order valence-corrected chi connectivity index (χ1v) is 6.13. The largest absolute Gasteiger partial charge is 0.480 e. The monoisotopic (exact) mass is 313 g/mol. The van der Waals surface area contributed by atoms with Gasteiger partial charge in [0, 0.05) is 5.57 Å². The number of alkyl halides is 3. The number of hydrogen-bond acceptors (Lipinski definition) is 3. The van der Waals surface area contributed by atoms with Gasteiger partial charge in [-0.2, -0.15) is 13.2 Å². The Balaban J connectivity index is 2.29. The second kappa shape index (κ2) is 5.63. The molecule has 1 N–H and O–H groups in total. The van der Waals surface area contributed by atoms with Crippen molar-refractivity contribution in [3.8, 4) is 0 Å². The Bertz CT molecular complexity index is 679. The van der Waals surface area contributed by atoms with E-state index in [1.165, 1.54) is 12.1 Å². The van der Waals surface area contributed by atoms with E-state index >= 15 is 0 Å². The normalized spacial score (nSPS) is 17.4. The van der Waals surface area contributed by atoms with Crippen molar-refractivity contribution in [2.24, 2.45) is 0 Å². The molecule has 2 amide bonds. The summed E-state index contributed by atoms with van der Waals surface area (Å²) in [5, 5.41) is 8.62. The molecular formula is C14H10F3NO4. The van der Waals surface area contributed by atoms with E-state index in [9.17, 15) is 27.6 Å². The van der Waals surface area contributed by atoms with Crippen LogP contribution in [0.5, 0.6) is 0 Å². The van der Waals surface area contributed by atoms with Crippen molar-refractivity contribution in [2.45, 2.75) is 12.6 Å². The van der Waals surface area contributed by atoms with Crippen molar-refractivity contribution >= 4 is 23.9 Å². The average molecular weight is 313 g/mol. The van der Waals surface area contributed by atoms with E-state index in [1.54, 1.807) is 0 Å². The van der Waals surface area contributed by atoms with Gasteiger partial charge in [0.15, 0.2) is 0 Å². The van der Waals surface area contributed by atoms with Crippen molar-refractivity contribution in [3.05, 3.63) is 41.0 Å². The lowest BCUT2D eigenvalue weighted by molar-refractivity contribution is -0.148. The van der Waals surface area contributed by atoms with Gasteiger partial charge in [0.1, 0.15) is 6.54 Å². The van der Waals surface area contributed by atoms with Gasteiger partial charge in [-0.25, -0.2) is 0 Å². The first kappa shape index (κ1) is 15.7. The summed E-state index contributed by atoms with van der Waals surface area (Å²) in [5.74, 6) is -2.84. The van der Waals surface area contributed by atoms with Crippen molar-refractivity contribution in [2.75, 3.05) is 6.54 Å². The third kappa shape index (κ3) is 3.33. The summed E-state index contributed by atoms with van der Waals surface area (Å²) in [6.45, 7) is -0.766. The van der Waals surface area contributed by atoms with Gasteiger partial charge in [0.25, 0.3) is 5.91 Å². The van der Waals surface area contributed by atoms with E-state index in [0.29, 0.717) is 4.90 Å². The number of halogens is 3. The van der Waals surface area contributed by atoms with Gasteiger partial charge in [0.05, 0.1) is 12.0 Å². The average Bonchev–Trinajstić information content (AvgIpc) is 2.65. The van der Waals surface area contributed by atoms with E-state index in [-0.39, 0.29) is 17.6 Å². The maximum atomic E-state index is 12.6. The molecule has 1 aromatic rings. The fraction of sp³-hybridized carbons (Fsp3) is 0.214. The van der Waals surface area contributed by atoms with Crippen molar-refractivity contribution in [3.63, 3.8) is 0 Å². The Kier molecular flexibility index (Phi) is 4.03. The number of rotatable bonds is 3. The first-order chi connectivity index (χ1) is 10.2. The molecule has 1 aliphatic rings. The van der Waals surface area contributed by atoms with Gasteiger partial charge < -0.3 is 5.11 Å². The van der Waals surface area contributed by atoms with Crippen molar-refractivity contribution < 1.29 is 32.7 Å². The maximum Gasteiger partial charge on any atom is 0.416 e. The lowest BCUT2D eigenvalue weighted by atomic mass is 10.1. The third-order valence-electron chi connectivity index (χ3n) is 3.01. The number of benzene rings is 1. The topological polar surface area (TPSA) is 74.7 Å². The lowest BCUT2D eigenvalue weighted by Gasteiger charge is -2.09. The van der Waals surface area contributed by atoms with Gasteiger partial charge in [-0.3, -0.25) is 19.3 Å². The van der Waals surface area contributed by atoms with Crippen molar-refractivity contribution in [1.82, 2.24) is 4.90 Å². The zero-order chi connectivity index (χ0) is 16.5. The summed E-state index contributed by atoms with van der Waals surface area (Å²) >= 11 is 0. The molecule has 1 fully saturated rings. The lowest BCUT2D eigenvalue weighted by Crippen LogP contribution is -2.34. The molecule has 2 rings (SSSR count). The van der Waals surface area contributed by atoms with Crippen LogP contribution in [0.4, 0.5) is 13.2 Å². The van der Waals surface area contributed by atoms with E-state index in [2.05, 4.69) is 0 Å². The molecule has 0 radical (unpaired) electrons. The van der Waals surface area contributed by atoms with Crippen LogP contribution in [0, 0.1) is 0 Å². The van der Waals surface area contributed by atoms with Gasteiger partial charge in [-0.15, -0.1) is 0 Å². The number of hydrogen-bond donors (Lipinski definition) is 1. The Morgan fingerprint density at radius 3 is 2.59 bits per heavy atom. The third-order valence-corrected chi connectivity index (χ3v) is 3.01. The minimum absolute atomic E-state index is 0.0365. The van der Waals surface area contributed by atoms with Crippen LogP contribution in [0.2, 0.25) is 0 Å². The molecule has 1 aliphatic heterocycles. The summed E-state index contributed by atoms with van der Waals surface area (Å²) < 4.78 is 37.8. The molecule has 22 heavy (non-hydrogen) atoms. The van der Waals surface area contributed by atoms with Gasteiger partial charge in [-0.05, 0) is 23.8 Å². The van der Waals surface area contributed by atoms with Crippen LogP contribution in [-0.2, 0) is 20.6 Å². The summed E-state index contributed by atoms with van der Waals surface area (Å²) in [6.07, 6.45) is -3.68. The highest BCUT2D eigenvalue weighted by Gasteiger charge is 2.35. The number of aliphatic carboxylic acids is 1. The molecule has 0 saturated carbocycles. The summed E-state index contributed by atoms with van der Waals surface area (Å²) in [4.78, 5) is 34.6. The SMILES string of the molecule is O=C(O)CN1C(=O)C/C(=C\c2cccc(C(F)(F)F)c2)C1=O. The van der Waals surface area contributed by atoms with Gasteiger partial charge in [-0.1, -0.05) is 12.1 Å². The predicted molar refractivity (Wildman–Crippen MR) is 68.4 cm³/mol. The molecule has 0 unspecified atom stereocenters. The van der Waals surface area contributed by atoms with Gasteiger partial charge in [0.2, 0.25) is 5.91 Å². The molecule has 0 aliphatic carbocycles. The number of likely N-dealkylation sites (tertiary alicyclic amines) is 1. The molecule has 1 heterocycles. The molecule has 0 aromatic heterocycles. The highest BCUT2D eigenvalue weighted by Crippen LogP contribution is 2.30. The Morgan fingerprint density at radius 2 is 2.00 bits per heavy atom. The molecule has 5 nitrogen and oxygen atoms in total. The quantitative estimate of drug-likeness (QED) is 0.683. The molecule has 8 heteroatoms. The van der Waals surface area contributed by atoms with E-state index in [4.69, 9.17) is 5.11 Å². The molecule has 1 aromatic carbocycles. The fourth-order valence-corrected chi connectivity index (χ4v) is 2.03. The highest BCUT2D eigenvalue weighted by atomic mass is 19.4. The minimum atomic E-state index is -4.51. The molecule has 0 bridgehead atoms. The number of carboxylic acid groups (broad SMARTS) is 1. The minimum Gasteiger partial charge on any atom is -0.480 e. The predicted octanol–water partition coefficient (Wildman–Crippen LogP) is 1.93. The zero-order valence-corrected chi connectivity index (χ0v) is 11.1. The molecule has 116 valence electrons. The van der Waals surface area contributed by atoms with Crippen LogP contribution in [0.15, 0.2) is 29.8 Å². The number of carbonyl (C=O) groups is 3. The number of carbonyl (C=O) groups excluding carboxylic acids is 2. The Morgan fingerprint density at radius 1 is 1.32 bits per heavy atom. The van der Waals surface area contributed by atoms with Gasteiger partial charge >= 0.3 is 12.1 Å². The van der Waals surface area contributed by atoms with Crippen LogP contribution < -0.4 is 0 Å². The van der Waals surface area contributed by atoms with Crippen LogP contribution in [0.3, 0.4) is 0 Å². The Labute approximate surface area is 122 Å². The molecular weight excluding hydrogens is 303 g/mol. The summed E-state index contributed by atoms with van der Waals surface area (Å²) in [5.41, 5.74) is -0.797. The van der Waals surface area contributed by atoms with E-state index in [1.807, 2.05) is 0 Å². The van der Waals surface area contributed by atoms with Crippen LogP contribution in [0.25, 0.3) is 6.08 Å². The first-order valence-electron chi connectivity index (χ1n) is 6.13. The zero-order valence-electron chi connectivity index (χ0n) is 11.1. The number of nitrogens with zero attached hydrogens (tertiary/aromatic N) is 1. The second-order valence-electron chi connectivity index (χ2n) is 4.65. The highest BCUT2D eigenvalue weighted by molar-refractivity contribution is 6.16. The maximum absolute atomic E-state index is 12.6. The smallest absolute Gasteiger partial charge is 0.416 e. The van der Waals surface area contributed by atoms with Crippen LogP contribution >= 0.6 is 0 Å². The van der Waals surface area contributed by atoms with Crippen LogP contribution in [0.1, 0.15) is 17.5 Å². The standard InChI is InChI=1S/C14H10F3NO4/c15-14(16,17)10-3-1-2-8(5-10)4-9-6-11(19)18(13(9)22)7-12(20)21/h1-5H,6-7H2,(H,20,21)/b9-4+.